The van der Waals surface area contributed by atoms with Gasteiger partial charge in [0.05, 0.1) is 21.8 Å². The number of H-pyrrole nitrogens is 1. The van der Waals surface area contributed by atoms with Gasteiger partial charge in [0.25, 0.3) is 0 Å². The molecule has 0 unspecified atom stereocenters. The lowest BCUT2D eigenvalue weighted by molar-refractivity contribution is 0.601. The molecule has 3 rings (SSSR count). The smallest absolute Gasteiger partial charge is 0.175 e. The third-order valence-electron chi connectivity index (χ3n) is 3.90. The van der Waals surface area contributed by atoms with Gasteiger partial charge in [0.15, 0.2) is 9.84 Å². The molecule has 0 amide bonds. The van der Waals surface area contributed by atoms with E-state index >= 15 is 0 Å². The summed E-state index contributed by atoms with van der Waals surface area (Å²) in [5, 5.41) is 8.44. The molecule has 0 spiro atoms. The summed E-state index contributed by atoms with van der Waals surface area (Å²) in [4.78, 5) is 4.87. The Kier molecular flexibility index (Phi) is 3.72. The summed E-state index contributed by atoms with van der Waals surface area (Å²) >= 11 is 0. The fraction of sp³-hybridized carbons (Fsp3) is 0.294. The van der Waals surface area contributed by atoms with Crippen molar-refractivity contribution in [2.75, 3.05) is 6.26 Å². The number of rotatable bonds is 3. The van der Waals surface area contributed by atoms with Crippen LogP contribution in [0.5, 0.6) is 0 Å². The minimum absolute atomic E-state index is 0.267. The second-order valence-corrected chi connectivity index (χ2v) is 8.08. The molecular weight excluding hydrogens is 310 g/mol. The van der Waals surface area contributed by atoms with E-state index in [-0.39, 0.29) is 5.92 Å². The first kappa shape index (κ1) is 15.7. The molecule has 0 aliphatic carbocycles. The van der Waals surface area contributed by atoms with Crippen molar-refractivity contribution in [2.45, 2.75) is 31.6 Å². The van der Waals surface area contributed by atoms with E-state index in [1.165, 1.54) is 6.26 Å². The summed E-state index contributed by atoms with van der Waals surface area (Å²) in [6, 6.07) is 7.22. The van der Waals surface area contributed by atoms with Crippen molar-refractivity contribution < 1.29 is 8.42 Å². The Morgan fingerprint density at radius 3 is 2.52 bits per heavy atom. The highest BCUT2D eigenvalue weighted by Crippen LogP contribution is 2.32. The highest BCUT2D eigenvalue weighted by atomic mass is 32.2. The van der Waals surface area contributed by atoms with E-state index in [0.717, 1.165) is 33.4 Å². The molecule has 0 radical (unpaired) electrons. The monoisotopic (exact) mass is 329 g/mol. The number of fused-ring (bicyclic) bond motifs is 1. The fourth-order valence-corrected chi connectivity index (χ4v) is 3.80. The predicted molar refractivity (Wildman–Crippen MR) is 91.3 cm³/mol. The van der Waals surface area contributed by atoms with Gasteiger partial charge in [-0.25, -0.2) is 8.42 Å². The molecule has 0 saturated heterocycles. The van der Waals surface area contributed by atoms with Crippen LogP contribution >= 0.6 is 0 Å². The van der Waals surface area contributed by atoms with Gasteiger partial charge in [-0.2, -0.15) is 5.10 Å². The van der Waals surface area contributed by atoms with E-state index in [9.17, 15) is 8.42 Å². The van der Waals surface area contributed by atoms with Crippen LogP contribution in [0, 0.1) is 6.92 Å². The number of pyridine rings is 1. The summed E-state index contributed by atoms with van der Waals surface area (Å²) in [5.41, 5.74) is 4.33. The van der Waals surface area contributed by atoms with Gasteiger partial charge in [0.1, 0.15) is 0 Å². The average molecular weight is 329 g/mol. The maximum atomic E-state index is 11.8. The highest BCUT2D eigenvalue weighted by Gasteiger charge is 2.17. The van der Waals surface area contributed by atoms with Gasteiger partial charge in [0.2, 0.25) is 0 Å². The molecule has 2 aromatic heterocycles. The van der Waals surface area contributed by atoms with Crippen LogP contribution in [0.25, 0.3) is 22.2 Å². The number of sulfone groups is 1. The predicted octanol–water partition coefficient (Wildman–Crippen LogP) is 3.46. The first-order chi connectivity index (χ1) is 10.8. The van der Waals surface area contributed by atoms with Crippen molar-refractivity contribution in [2.24, 2.45) is 0 Å². The second-order valence-electron chi connectivity index (χ2n) is 6.10. The molecule has 1 aromatic carbocycles. The summed E-state index contributed by atoms with van der Waals surface area (Å²) in [5.74, 6) is 0.267. The molecule has 3 aromatic rings. The Hall–Kier alpha value is -2.21. The molecule has 23 heavy (non-hydrogen) atoms. The normalized spacial score (nSPS) is 12.2. The van der Waals surface area contributed by atoms with Crippen LogP contribution in [0.1, 0.15) is 31.0 Å². The van der Waals surface area contributed by atoms with Crippen LogP contribution in [0.3, 0.4) is 0 Å². The van der Waals surface area contributed by atoms with E-state index in [4.69, 9.17) is 0 Å². The first-order valence-corrected chi connectivity index (χ1v) is 9.32. The number of nitrogens with one attached hydrogen (secondary N) is 1. The zero-order valence-corrected chi connectivity index (χ0v) is 14.4. The Morgan fingerprint density at radius 1 is 1.17 bits per heavy atom. The van der Waals surface area contributed by atoms with Crippen LogP contribution < -0.4 is 0 Å². The van der Waals surface area contributed by atoms with Crippen LogP contribution in [-0.4, -0.2) is 29.9 Å². The minimum Gasteiger partial charge on any atom is -0.277 e. The maximum Gasteiger partial charge on any atom is 0.175 e. The van der Waals surface area contributed by atoms with E-state index in [0.29, 0.717) is 4.90 Å². The Balaban J connectivity index is 2.25. The molecule has 5 nitrogen and oxygen atoms in total. The van der Waals surface area contributed by atoms with Crippen molar-refractivity contribution in [1.29, 1.82) is 0 Å². The van der Waals surface area contributed by atoms with E-state index < -0.39 is 9.84 Å². The lowest BCUT2D eigenvalue weighted by atomic mass is 10.00. The molecular formula is C17H19N3O2S. The van der Waals surface area contributed by atoms with Gasteiger partial charge >= 0.3 is 0 Å². The third kappa shape index (κ3) is 2.74. The van der Waals surface area contributed by atoms with Gasteiger partial charge in [-0.15, -0.1) is 0 Å². The minimum atomic E-state index is -3.22. The lowest BCUT2D eigenvalue weighted by Gasteiger charge is -2.09. The van der Waals surface area contributed by atoms with E-state index in [1.54, 1.807) is 19.2 Å². The molecule has 0 aliphatic heterocycles. The molecule has 1 N–H and O–H groups in total. The SMILES string of the molecule is Cc1cc(-c2nccc3[nH]nc(C(C)C)c23)ccc1S(C)(=O)=O. The summed E-state index contributed by atoms with van der Waals surface area (Å²) < 4.78 is 23.6. The number of aryl methyl sites for hydroxylation is 1. The molecule has 2 heterocycles. The van der Waals surface area contributed by atoms with Crippen molar-refractivity contribution in [3.05, 3.63) is 41.7 Å². The average Bonchev–Trinajstić information content (AvgIpc) is 2.89. The quantitative estimate of drug-likeness (QED) is 0.798. The van der Waals surface area contributed by atoms with E-state index in [1.807, 2.05) is 18.2 Å². The summed E-state index contributed by atoms with van der Waals surface area (Å²) in [6.07, 6.45) is 2.96. The molecule has 120 valence electrons. The van der Waals surface area contributed by atoms with Crippen molar-refractivity contribution in [3.63, 3.8) is 0 Å². The van der Waals surface area contributed by atoms with Crippen LogP contribution in [-0.2, 0) is 9.84 Å². The standard InChI is InChI=1S/C17H19N3O2S/c1-10(2)16-15-13(19-20-16)7-8-18-17(15)12-5-6-14(11(3)9-12)23(4,21)22/h5-10H,1-4H3,(H,19,20). The van der Waals surface area contributed by atoms with Gasteiger partial charge < -0.3 is 0 Å². The van der Waals surface area contributed by atoms with Gasteiger partial charge in [-0.1, -0.05) is 19.9 Å². The molecule has 0 saturated carbocycles. The topological polar surface area (TPSA) is 75.7 Å². The molecule has 0 bridgehead atoms. The second kappa shape index (κ2) is 5.45. The Bertz CT molecular complexity index is 988. The lowest BCUT2D eigenvalue weighted by Crippen LogP contribution is -2.00. The largest absolute Gasteiger partial charge is 0.277 e. The third-order valence-corrected chi connectivity index (χ3v) is 5.16. The number of aromatic nitrogens is 3. The molecule has 6 heteroatoms. The number of benzene rings is 1. The number of aromatic amines is 1. The number of hydrogen-bond donors (Lipinski definition) is 1. The van der Waals surface area contributed by atoms with Gasteiger partial charge in [-0.05, 0) is 36.6 Å². The first-order valence-electron chi connectivity index (χ1n) is 7.43. The van der Waals surface area contributed by atoms with E-state index in [2.05, 4.69) is 29.0 Å². The zero-order chi connectivity index (χ0) is 16.8. The molecule has 0 fully saturated rings. The fourth-order valence-electron chi connectivity index (χ4n) is 2.84. The van der Waals surface area contributed by atoms with Crippen molar-refractivity contribution in [1.82, 2.24) is 15.2 Å². The molecule has 0 aliphatic rings. The van der Waals surface area contributed by atoms with Crippen LogP contribution in [0.2, 0.25) is 0 Å². The summed E-state index contributed by atoms with van der Waals surface area (Å²) in [6.45, 7) is 5.98. The Labute approximate surface area is 135 Å². The van der Waals surface area contributed by atoms with Gasteiger partial charge in [-0.3, -0.25) is 10.1 Å². The Morgan fingerprint density at radius 2 is 1.91 bits per heavy atom. The maximum absolute atomic E-state index is 11.8. The van der Waals surface area contributed by atoms with Crippen molar-refractivity contribution >= 4 is 20.7 Å². The zero-order valence-electron chi connectivity index (χ0n) is 13.6. The van der Waals surface area contributed by atoms with Crippen molar-refractivity contribution in [3.8, 4) is 11.3 Å². The summed E-state index contributed by atoms with van der Waals surface area (Å²) in [7, 11) is -3.22. The molecule has 0 atom stereocenters. The van der Waals surface area contributed by atoms with Crippen LogP contribution in [0.15, 0.2) is 35.4 Å². The van der Waals surface area contributed by atoms with Gasteiger partial charge in [0, 0.05) is 23.4 Å². The van der Waals surface area contributed by atoms with Crippen LogP contribution in [0.4, 0.5) is 0 Å². The highest BCUT2D eigenvalue weighted by molar-refractivity contribution is 7.90. The number of nitrogens with zero attached hydrogens (tertiary/aromatic N) is 2. The number of hydrogen-bond acceptors (Lipinski definition) is 4.